The smallest absolute Gasteiger partial charge is 0.113 e. The number of thiazole rings is 1. The lowest BCUT2D eigenvalue weighted by atomic mass is 9.89. The van der Waals surface area contributed by atoms with Gasteiger partial charge in [0, 0.05) is 4.88 Å². The van der Waals surface area contributed by atoms with Crippen LogP contribution in [0.25, 0.3) is 0 Å². The number of hydrogen-bond acceptors (Lipinski definition) is 4. The summed E-state index contributed by atoms with van der Waals surface area (Å²) in [7, 11) is 0. The van der Waals surface area contributed by atoms with Gasteiger partial charge in [0.1, 0.15) is 5.01 Å². The van der Waals surface area contributed by atoms with E-state index in [0.717, 1.165) is 19.6 Å². The standard InChI is InChI=1S/C13H21N3S/c1-2-15-13(6-8-14-9-7-13)12-16-10-4-3-5-11(10)17-12/h14-15H,2-9H2,1H3. The second-order valence-corrected chi connectivity index (χ2v) is 6.19. The molecule has 0 saturated carbocycles. The maximum atomic E-state index is 4.93. The molecule has 0 bridgehead atoms. The number of piperidine rings is 1. The molecular formula is C13H21N3S. The highest BCUT2D eigenvalue weighted by Crippen LogP contribution is 2.37. The van der Waals surface area contributed by atoms with Crippen molar-refractivity contribution >= 4 is 11.3 Å². The SMILES string of the molecule is CCNC1(c2nc3c(s2)CCC3)CCNCC1. The van der Waals surface area contributed by atoms with Gasteiger partial charge in [-0.3, -0.25) is 0 Å². The van der Waals surface area contributed by atoms with Gasteiger partial charge < -0.3 is 10.6 Å². The average molecular weight is 251 g/mol. The van der Waals surface area contributed by atoms with Crippen LogP contribution >= 0.6 is 11.3 Å². The Morgan fingerprint density at radius 3 is 2.88 bits per heavy atom. The third kappa shape index (κ3) is 2.02. The molecule has 1 aliphatic heterocycles. The van der Waals surface area contributed by atoms with E-state index in [9.17, 15) is 0 Å². The summed E-state index contributed by atoms with van der Waals surface area (Å²) < 4.78 is 0. The fraction of sp³-hybridized carbons (Fsp3) is 0.769. The third-order valence-corrected chi connectivity index (χ3v) is 5.34. The highest BCUT2D eigenvalue weighted by Gasteiger charge is 2.37. The minimum atomic E-state index is 0.162. The van der Waals surface area contributed by atoms with Crippen LogP contribution in [0, 0.1) is 0 Å². The Hall–Kier alpha value is -0.450. The lowest BCUT2D eigenvalue weighted by molar-refractivity contribution is 0.250. The topological polar surface area (TPSA) is 37.0 Å². The van der Waals surface area contributed by atoms with Crippen molar-refractivity contribution in [2.75, 3.05) is 19.6 Å². The first-order chi connectivity index (χ1) is 8.34. The van der Waals surface area contributed by atoms with Crippen molar-refractivity contribution < 1.29 is 0 Å². The average Bonchev–Trinajstić information content (AvgIpc) is 2.90. The molecule has 1 saturated heterocycles. The van der Waals surface area contributed by atoms with Crippen LogP contribution < -0.4 is 10.6 Å². The van der Waals surface area contributed by atoms with E-state index < -0.39 is 0 Å². The zero-order valence-electron chi connectivity index (χ0n) is 10.5. The molecule has 2 N–H and O–H groups in total. The van der Waals surface area contributed by atoms with Crippen LogP contribution in [0.4, 0.5) is 0 Å². The molecule has 1 aliphatic carbocycles. The second kappa shape index (κ2) is 4.67. The first-order valence-corrected chi connectivity index (χ1v) is 7.60. The van der Waals surface area contributed by atoms with Gasteiger partial charge in [-0.15, -0.1) is 11.3 Å². The van der Waals surface area contributed by atoms with Gasteiger partial charge in [0.15, 0.2) is 0 Å². The maximum absolute atomic E-state index is 4.93. The van der Waals surface area contributed by atoms with Gasteiger partial charge in [0.25, 0.3) is 0 Å². The largest absolute Gasteiger partial charge is 0.317 e. The van der Waals surface area contributed by atoms with Crippen molar-refractivity contribution in [2.24, 2.45) is 0 Å². The molecule has 0 aromatic carbocycles. The van der Waals surface area contributed by atoms with E-state index >= 15 is 0 Å². The molecule has 3 rings (SSSR count). The molecule has 2 aliphatic rings. The van der Waals surface area contributed by atoms with E-state index in [1.807, 2.05) is 11.3 Å². The summed E-state index contributed by atoms with van der Waals surface area (Å²) in [5.74, 6) is 0. The fourth-order valence-corrected chi connectivity index (χ4v) is 4.43. The third-order valence-electron chi connectivity index (χ3n) is 3.98. The van der Waals surface area contributed by atoms with E-state index in [0.29, 0.717) is 0 Å². The second-order valence-electron chi connectivity index (χ2n) is 5.10. The van der Waals surface area contributed by atoms with Gasteiger partial charge in [-0.2, -0.15) is 0 Å². The number of rotatable bonds is 3. The van der Waals surface area contributed by atoms with Crippen LogP contribution in [-0.4, -0.2) is 24.6 Å². The van der Waals surface area contributed by atoms with Crippen molar-refractivity contribution in [3.05, 3.63) is 15.6 Å². The van der Waals surface area contributed by atoms with Gasteiger partial charge in [-0.25, -0.2) is 4.98 Å². The van der Waals surface area contributed by atoms with E-state index in [1.54, 1.807) is 4.88 Å². The summed E-state index contributed by atoms with van der Waals surface area (Å²) in [6.45, 7) is 5.45. The van der Waals surface area contributed by atoms with Crippen molar-refractivity contribution in [2.45, 2.75) is 44.6 Å². The molecule has 3 nitrogen and oxygen atoms in total. The van der Waals surface area contributed by atoms with Crippen molar-refractivity contribution in [1.82, 2.24) is 15.6 Å². The number of aromatic nitrogens is 1. The van der Waals surface area contributed by atoms with Crippen molar-refractivity contribution in [1.29, 1.82) is 0 Å². The molecule has 0 unspecified atom stereocenters. The lowest BCUT2D eigenvalue weighted by Crippen LogP contribution is -2.49. The quantitative estimate of drug-likeness (QED) is 0.860. The Kier molecular flexibility index (Phi) is 3.19. The summed E-state index contributed by atoms with van der Waals surface area (Å²) in [4.78, 5) is 6.49. The Morgan fingerprint density at radius 1 is 1.35 bits per heavy atom. The van der Waals surface area contributed by atoms with Crippen LogP contribution in [0.2, 0.25) is 0 Å². The molecule has 0 radical (unpaired) electrons. The van der Waals surface area contributed by atoms with Crippen LogP contribution in [0.15, 0.2) is 0 Å². The van der Waals surface area contributed by atoms with Gasteiger partial charge in [0.2, 0.25) is 0 Å². The highest BCUT2D eigenvalue weighted by molar-refractivity contribution is 7.12. The molecule has 1 fully saturated rings. The minimum Gasteiger partial charge on any atom is -0.317 e. The monoisotopic (exact) mass is 251 g/mol. The molecule has 0 atom stereocenters. The summed E-state index contributed by atoms with van der Waals surface area (Å²) in [6.07, 6.45) is 6.12. The van der Waals surface area contributed by atoms with Crippen molar-refractivity contribution in [3.63, 3.8) is 0 Å². The zero-order chi connectivity index (χ0) is 11.7. The summed E-state index contributed by atoms with van der Waals surface area (Å²) >= 11 is 1.97. The molecular weight excluding hydrogens is 230 g/mol. The van der Waals surface area contributed by atoms with Crippen LogP contribution in [0.3, 0.4) is 0 Å². The van der Waals surface area contributed by atoms with Crippen LogP contribution in [0.1, 0.15) is 41.8 Å². The zero-order valence-corrected chi connectivity index (χ0v) is 11.3. The Balaban J connectivity index is 1.91. The lowest BCUT2D eigenvalue weighted by Gasteiger charge is -2.36. The number of nitrogens with zero attached hydrogens (tertiary/aromatic N) is 1. The summed E-state index contributed by atoms with van der Waals surface area (Å²) in [5, 5.41) is 8.52. The molecule has 0 amide bonds. The maximum Gasteiger partial charge on any atom is 0.113 e. The molecule has 0 spiro atoms. The van der Waals surface area contributed by atoms with E-state index in [2.05, 4.69) is 17.6 Å². The van der Waals surface area contributed by atoms with E-state index in [4.69, 9.17) is 4.98 Å². The predicted molar refractivity (Wildman–Crippen MR) is 71.6 cm³/mol. The Morgan fingerprint density at radius 2 is 2.18 bits per heavy atom. The number of nitrogens with one attached hydrogen (secondary N) is 2. The van der Waals surface area contributed by atoms with E-state index in [-0.39, 0.29) is 5.54 Å². The molecule has 2 heterocycles. The van der Waals surface area contributed by atoms with E-state index in [1.165, 1.54) is 42.8 Å². The molecule has 1 aromatic rings. The summed E-state index contributed by atoms with van der Waals surface area (Å²) in [5.41, 5.74) is 1.55. The van der Waals surface area contributed by atoms with Crippen LogP contribution in [-0.2, 0) is 18.4 Å². The molecule has 17 heavy (non-hydrogen) atoms. The number of hydrogen-bond donors (Lipinski definition) is 2. The first kappa shape index (κ1) is 11.6. The van der Waals surface area contributed by atoms with Gasteiger partial charge in [-0.05, 0) is 51.7 Å². The Bertz CT molecular complexity index is 366. The van der Waals surface area contributed by atoms with Crippen LogP contribution in [0.5, 0.6) is 0 Å². The van der Waals surface area contributed by atoms with Gasteiger partial charge in [-0.1, -0.05) is 6.92 Å². The number of aryl methyl sites for hydroxylation is 2. The van der Waals surface area contributed by atoms with Crippen molar-refractivity contribution in [3.8, 4) is 0 Å². The first-order valence-electron chi connectivity index (χ1n) is 6.79. The van der Waals surface area contributed by atoms with Gasteiger partial charge >= 0.3 is 0 Å². The molecule has 1 aromatic heterocycles. The Labute approximate surface area is 107 Å². The van der Waals surface area contributed by atoms with Gasteiger partial charge in [0.05, 0.1) is 11.2 Å². The minimum absolute atomic E-state index is 0.162. The fourth-order valence-electron chi connectivity index (χ4n) is 3.05. The molecule has 94 valence electrons. The highest BCUT2D eigenvalue weighted by atomic mass is 32.1. The number of fused-ring (bicyclic) bond motifs is 1. The normalized spacial score (nSPS) is 22.6. The summed E-state index contributed by atoms with van der Waals surface area (Å²) in [6, 6.07) is 0. The predicted octanol–water partition coefficient (Wildman–Crippen LogP) is 1.82. The molecule has 4 heteroatoms.